The summed E-state index contributed by atoms with van der Waals surface area (Å²) in [6.45, 7) is 11.5. The summed E-state index contributed by atoms with van der Waals surface area (Å²) in [5.41, 5.74) is 0. The number of ether oxygens (including phenoxy) is 2. The van der Waals surface area contributed by atoms with Gasteiger partial charge in [0.2, 0.25) is 10.0 Å². The summed E-state index contributed by atoms with van der Waals surface area (Å²) in [7, 11) is -3.43. The van der Waals surface area contributed by atoms with E-state index in [2.05, 4.69) is 18.7 Å². The van der Waals surface area contributed by atoms with E-state index in [0.717, 1.165) is 25.9 Å². The van der Waals surface area contributed by atoms with E-state index < -0.39 is 10.0 Å². The summed E-state index contributed by atoms with van der Waals surface area (Å²) in [5, 5.41) is 9.30. The normalized spacial score (nSPS) is 21.0. The summed E-state index contributed by atoms with van der Waals surface area (Å²) < 4.78 is 36.6. The van der Waals surface area contributed by atoms with Gasteiger partial charge in [0.15, 0.2) is 0 Å². The number of sulfonamides is 1. The van der Waals surface area contributed by atoms with Crippen LogP contribution in [-0.2, 0) is 19.5 Å². The average Bonchev–Trinajstić information content (AvgIpc) is 3.70. The highest BCUT2D eigenvalue weighted by molar-refractivity contribution is 7.89. The first-order valence-corrected chi connectivity index (χ1v) is 14.7. The highest BCUT2D eigenvalue weighted by Gasteiger charge is 2.31. The van der Waals surface area contributed by atoms with Crippen LogP contribution >= 0.6 is 11.6 Å². The number of rotatable bonds is 6. The van der Waals surface area contributed by atoms with E-state index in [-0.39, 0.29) is 29.7 Å². The lowest BCUT2D eigenvalue weighted by molar-refractivity contribution is 0.0393. The summed E-state index contributed by atoms with van der Waals surface area (Å²) in [6, 6.07) is 6.09. The smallest absolute Gasteiger partial charge is 0.410 e. The van der Waals surface area contributed by atoms with Crippen LogP contribution in [0.25, 0.3) is 0 Å². The number of carbonyl (C=O) groups excluding carboxylic acids is 1. The van der Waals surface area contributed by atoms with Gasteiger partial charge in [0.25, 0.3) is 0 Å². The summed E-state index contributed by atoms with van der Waals surface area (Å²) >= 11 is 5.75. The highest BCUT2D eigenvalue weighted by atomic mass is 35.5. The van der Waals surface area contributed by atoms with Crippen LogP contribution in [0.3, 0.4) is 0 Å². The predicted molar refractivity (Wildman–Crippen MR) is 141 cm³/mol. The molecule has 2 aliphatic heterocycles. The van der Waals surface area contributed by atoms with E-state index in [1.165, 1.54) is 29.3 Å². The Hall–Kier alpha value is -1.43. The fourth-order valence-electron chi connectivity index (χ4n) is 3.51. The molecular weight excluding hydrogens is 506 g/mol. The maximum atomic E-state index is 12.3. The van der Waals surface area contributed by atoms with E-state index in [1.807, 2.05) is 6.92 Å². The van der Waals surface area contributed by atoms with Crippen molar-refractivity contribution in [1.29, 1.82) is 0 Å². The first-order valence-electron chi connectivity index (χ1n) is 12.9. The van der Waals surface area contributed by atoms with Crippen LogP contribution in [0.4, 0.5) is 4.79 Å². The second kappa shape index (κ2) is 15.7. The van der Waals surface area contributed by atoms with Crippen LogP contribution in [-0.4, -0.2) is 105 Å². The van der Waals surface area contributed by atoms with Crippen molar-refractivity contribution in [2.24, 2.45) is 0 Å². The van der Waals surface area contributed by atoms with Crippen molar-refractivity contribution in [2.45, 2.75) is 63.5 Å². The quantitative estimate of drug-likeness (QED) is 0.582. The number of aliphatic hydroxyl groups is 1. The van der Waals surface area contributed by atoms with Crippen molar-refractivity contribution in [1.82, 2.24) is 14.1 Å². The molecule has 1 saturated carbocycles. The Morgan fingerprint density at radius 2 is 1.69 bits per heavy atom. The van der Waals surface area contributed by atoms with Crippen LogP contribution in [0.5, 0.6) is 0 Å². The number of morpholine rings is 1. The summed E-state index contributed by atoms with van der Waals surface area (Å²) in [4.78, 5) is 15.7. The number of piperazine rings is 1. The molecule has 1 unspecified atom stereocenters. The Kier molecular flexibility index (Phi) is 13.5. The molecule has 0 spiro atoms. The minimum absolute atomic E-state index is 0.135. The second-order valence-corrected chi connectivity index (χ2v) is 11.5. The zero-order valence-corrected chi connectivity index (χ0v) is 23.3. The fourth-order valence-corrected chi connectivity index (χ4v) is 5.24. The molecule has 206 valence electrons. The number of hydrogen-bond donors (Lipinski definition) is 1. The Morgan fingerprint density at radius 1 is 1.08 bits per heavy atom. The van der Waals surface area contributed by atoms with Gasteiger partial charge >= 0.3 is 6.09 Å². The largest absolute Gasteiger partial charge is 0.446 e. The number of unbranched alkanes of at least 4 members (excludes halogenated alkanes) is 1. The molecular formula is C25H42ClN3O6S. The second-order valence-electron chi connectivity index (χ2n) is 9.13. The number of carbonyl (C=O) groups is 1. The number of benzene rings is 1. The molecule has 0 radical (unpaired) electrons. The number of aliphatic hydroxyl groups excluding tert-OH is 1. The van der Waals surface area contributed by atoms with Gasteiger partial charge in [0, 0.05) is 50.3 Å². The van der Waals surface area contributed by atoms with E-state index in [4.69, 9.17) is 26.2 Å². The third kappa shape index (κ3) is 10.1. The lowest BCUT2D eigenvalue weighted by atomic mass is 10.3. The topological polar surface area (TPSA) is 99.6 Å². The molecule has 36 heavy (non-hydrogen) atoms. The van der Waals surface area contributed by atoms with Crippen LogP contribution in [0.2, 0.25) is 5.02 Å². The SMILES string of the molecule is CC1COCCN1S(=O)(=O)c1ccc(Cl)cc1.CCCC.O=C(OC1CC1)N1CCN(CCO)CC1. The van der Waals surface area contributed by atoms with Gasteiger partial charge in [-0.3, -0.25) is 4.90 Å². The number of β-amino-alcohol motifs (C(OH)–C–C–N with tert-alkyl or cyclic N) is 1. The van der Waals surface area contributed by atoms with Crippen LogP contribution in [0.1, 0.15) is 46.5 Å². The molecule has 1 aliphatic carbocycles. The van der Waals surface area contributed by atoms with Crippen molar-refractivity contribution in [2.75, 3.05) is 59.1 Å². The molecule has 1 aromatic carbocycles. The van der Waals surface area contributed by atoms with Gasteiger partial charge in [-0.1, -0.05) is 38.3 Å². The minimum Gasteiger partial charge on any atom is -0.446 e. The Morgan fingerprint density at radius 3 is 2.19 bits per heavy atom. The molecule has 1 atom stereocenters. The molecule has 3 aliphatic rings. The molecule has 4 rings (SSSR count). The van der Waals surface area contributed by atoms with E-state index in [1.54, 1.807) is 17.0 Å². The van der Waals surface area contributed by atoms with Gasteiger partial charge in [-0.25, -0.2) is 13.2 Å². The van der Waals surface area contributed by atoms with Crippen LogP contribution in [0, 0.1) is 0 Å². The number of halogens is 1. The average molecular weight is 548 g/mol. The van der Waals surface area contributed by atoms with Gasteiger partial charge in [0.05, 0.1) is 24.7 Å². The standard InChI is InChI=1S/C11H14ClNO3S.C10H18N2O3.C4H10/c1-9-8-16-7-6-13(9)17(14,15)11-4-2-10(12)3-5-11;13-8-7-11-3-5-12(6-4-11)10(14)15-9-1-2-9;1-3-4-2/h2-5,9H,6-8H2,1H3;9,13H,1-8H2;3-4H2,1-2H3. The van der Waals surface area contributed by atoms with E-state index in [0.29, 0.717) is 44.4 Å². The summed E-state index contributed by atoms with van der Waals surface area (Å²) in [5.74, 6) is 0. The third-order valence-corrected chi connectivity index (χ3v) is 8.35. The molecule has 1 N–H and O–H groups in total. The van der Waals surface area contributed by atoms with Gasteiger partial charge < -0.3 is 19.5 Å². The Balaban J connectivity index is 0.000000222. The summed E-state index contributed by atoms with van der Waals surface area (Å²) in [6.07, 6.45) is 4.71. The molecule has 1 aromatic rings. The molecule has 0 aromatic heterocycles. The number of amides is 1. The minimum atomic E-state index is -3.43. The zero-order valence-electron chi connectivity index (χ0n) is 21.8. The Bertz CT molecular complexity index is 872. The number of hydrogen-bond acceptors (Lipinski definition) is 7. The maximum Gasteiger partial charge on any atom is 0.410 e. The molecule has 1 amide bonds. The van der Waals surface area contributed by atoms with Crippen molar-refractivity contribution in [3.63, 3.8) is 0 Å². The Labute approximate surface area is 221 Å². The van der Waals surface area contributed by atoms with Crippen LogP contribution < -0.4 is 0 Å². The van der Waals surface area contributed by atoms with Gasteiger partial charge in [0.1, 0.15) is 6.10 Å². The fraction of sp³-hybridized carbons (Fsp3) is 0.720. The van der Waals surface area contributed by atoms with Crippen molar-refractivity contribution in [3.05, 3.63) is 29.3 Å². The lowest BCUT2D eigenvalue weighted by Gasteiger charge is -2.33. The monoisotopic (exact) mass is 547 g/mol. The first-order chi connectivity index (χ1) is 17.2. The molecule has 2 heterocycles. The third-order valence-electron chi connectivity index (χ3n) is 6.07. The molecule has 2 saturated heterocycles. The van der Waals surface area contributed by atoms with Gasteiger partial charge in [-0.15, -0.1) is 0 Å². The van der Waals surface area contributed by atoms with Gasteiger partial charge in [-0.05, 0) is 44.0 Å². The molecule has 3 fully saturated rings. The molecule has 9 nitrogen and oxygen atoms in total. The highest BCUT2D eigenvalue weighted by Crippen LogP contribution is 2.24. The van der Waals surface area contributed by atoms with E-state index in [9.17, 15) is 13.2 Å². The van der Waals surface area contributed by atoms with E-state index >= 15 is 0 Å². The molecule has 0 bridgehead atoms. The van der Waals surface area contributed by atoms with Crippen molar-refractivity contribution < 1.29 is 27.8 Å². The molecule has 11 heteroatoms. The van der Waals surface area contributed by atoms with Crippen LogP contribution in [0.15, 0.2) is 29.2 Å². The lowest BCUT2D eigenvalue weighted by Crippen LogP contribution is -2.49. The van der Waals surface area contributed by atoms with Crippen molar-refractivity contribution in [3.8, 4) is 0 Å². The predicted octanol–water partition coefficient (Wildman–Crippen LogP) is 3.45. The first kappa shape index (κ1) is 30.8. The van der Waals surface area contributed by atoms with Crippen molar-refractivity contribution >= 4 is 27.7 Å². The zero-order chi connectivity index (χ0) is 26.6. The number of nitrogens with zero attached hydrogens (tertiary/aromatic N) is 3. The maximum absolute atomic E-state index is 12.3. The van der Waals surface area contributed by atoms with Gasteiger partial charge in [-0.2, -0.15) is 4.31 Å².